The molecule has 0 aliphatic carbocycles. The summed E-state index contributed by atoms with van der Waals surface area (Å²) in [5.74, 6) is -0.385. The quantitative estimate of drug-likeness (QED) is 0.538. The minimum absolute atomic E-state index is 0.0391. The maximum Gasteiger partial charge on any atom is 0.328 e. The molecule has 0 spiro atoms. The van der Waals surface area contributed by atoms with Gasteiger partial charge in [-0.1, -0.05) is 0 Å². The molecular formula is C9H13N3O5. The number of urea groups is 1. The Bertz CT molecular complexity index is 403. The first-order valence-corrected chi connectivity index (χ1v) is 4.82. The molecule has 0 bridgehead atoms. The molecule has 4 N–H and O–H groups in total. The van der Waals surface area contributed by atoms with E-state index in [1.54, 1.807) is 6.92 Å². The van der Waals surface area contributed by atoms with Crippen LogP contribution in [0, 0.1) is 6.92 Å². The second-order valence-electron chi connectivity index (χ2n) is 3.27. The number of carbonyl (C=O) groups excluding carboxylic acids is 1. The van der Waals surface area contributed by atoms with Gasteiger partial charge in [-0.25, -0.2) is 14.6 Å². The Hall–Kier alpha value is -2.09. The van der Waals surface area contributed by atoms with Gasteiger partial charge in [-0.3, -0.25) is 0 Å². The molecule has 1 aromatic rings. The first-order chi connectivity index (χ1) is 8.02. The summed E-state index contributed by atoms with van der Waals surface area (Å²) in [6.45, 7) is 1.07. The molecule has 0 saturated carbocycles. The number of amides is 2. The number of hydrogen-bond acceptors (Lipinski definition) is 5. The van der Waals surface area contributed by atoms with Gasteiger partial charge >= 0.3 is 12.0 Å². The molecule has 0 aliphatic rings. The van der Waals surface area contributed by atoms with Crippen LogP contribution in [0.4, 0.5) is 4.79 Å². The Morgan fingerprint density at radius 1 is 1.59 bits per heavy atom. The summed E-state index contributed by atoms with van der Waals surface area (Å²) in [6, 6.07) is -2.05. The summed E-state index contributed by atoms with van der Waals surface area (Å²) in [4.78, 5) is 25.6. The summed E-state index contributed by atoms with van der Waals surface area (Å²) < 4.78 is 5.09. The van der Waals surface area contributed by atoms with E-state index in [1.807, 2.05) is 0 Å². The van der Waals surface area contributed by atoms with Crippen molar-refractivity contribution in [1.29, 1.82) is 0 Å². The molecule has 0 saturated heterocycles. The molecule has 0 aromatic carbocycles. The third kappa shape index (κ3) is 4.11. The molecule has 0 unspecified atom stereocenters. The third-order valence-electron chi connectivity index (χ3n) is 1.86. The van der Waals surface area contributed by atoms with E-state index in [2.05, 4.69) is 15.6 Å². The number of aliphatic carboxylic acids is 1. The summed E-state index contributed by atoms with van der Waals surface area (Å²) >= 11 is 0. The molecule has 1 heterocycles. The van der Waals surface area contributed by atoms with E-state index in [9.17, 15) is 9.59 Å². The summed E-state index contributed by atoms with van der Waals surface area (Å²) in [5, 5.41) is 21.7. The number of carboxylic acid groups (broad SMARTS) is 1. The van der Waals surface area contributed by atoms with Gasteiger partial charge in [0.2, 0.25) is 5.89 Å². The Kier molecular flexibility index (Phi) is 4.46. The number of nitrogens with zero attached hydrogens (tertiary/aromatic N) is 1. The number of carboxylic acids is 1. The Labute approximate surface area is 96.6 Å². The lowest BCUT2D eigenvalue weighted by Crippen LogP contribution is -2.47. The molecule has 94 valence electrons. The van der Waals surface area contributed by atoms with Crippen molar-refractivity contribution in [2.24, 2.45) is 0 Å². The van der Waals surface area contributed by atoms with Gasteiger partial charge in [-0.15, -0.1) is 0 Å². The van der Waals surface area contributed by atoms with Gasteiger partial charge in [0.05, 0.1) is 19.3 Å². The fraction of sp³-hybridized carbons (Fsp3) is 0.444. The second-order valence-corrected chi connectivity index (χ2v) is 3.27. The van der Waals surface area contributed by atoms with Crippen molar-refractivity contribution in [3.8, 4) is 0 Å². The monoisotopic (exact) mass is 243 g/mol. The predicted molar refractivity (Wildman–Crippen MR) is 55.1 cm³/mol. The number of hydrogen-bond donors (Lipinski definition) is 4. The van der Waals surface area contributed by atoms with Crippen LogP contribution < -0.4 is 10.6 Å². The van der Waals surface area contributed by atoms with E-state index < -0.39 is 24.6 Å². The maximum absolute atomic E-state index is 11.2. The van der Waals surface area contributed by atoms with Crippen LogP contribution in [-0.2, 0) is 11.3 Å². The molecule has 8 heteroatoms. The van der Waals surface area contributed by atoms with Crippen molar-refractivity contribution in [2.75, 3.05) is 6.61 Å². The van der Waals surface area contributed by atoms with E-state index in [-0.39, 0.29) is 6.54 Å². The number of aromatic nitrogens is 1. The molecule has 2 amide bonds. The average molecular weight is 243 g/mol. The molecule has 0 fully saturated rings. The standard InChI is InChI=1S/C9H13N3O5/c1-5-2-10-7(17-5)3-11-9(16)12-6(4-13)8(14)15/h2,6,13H,3-4H2,1H3,(H,14,15)(H2,11,12,16)/t6-/m0/s1. The van der Waals surface area contributed by atoms with E-state index >= 15 is 0 Å². The molecule has 8 nitrogen and oxygen atoms in total. The van der Waals surface area contributed by atoms with Gasteiger partial charge in [0.1, 0.15) is 5.76 Å². The van der Waals surface area contributed by atoms with Crippen LogP contribution in [0.1, 0.15) is 11.7 Å². The maximum atomic E-state index is 11.2. The molecule has 0 aliphatic heterocycles. The first kappa shape index (κ1) is 13.0. The lowest BCUT2D eigenvalue weighted by molar-refractivity contribution is -0.140. The number of aliphatic hydroxyl groups is 1. The molecular weight excluding hydrogens is 230 g/mol. The Morgan fingerprint density at radius 3 is 2.76 bits per heavy atom. The zero-order valence-corrected chi connectivity index (χ0v) is 9.14. The van der Waals surface area contributed by atoms with Gasteiger partial charge in [0, 0.05) is 0 Å². The minimum atomic E-state index is -1.33. The summed E-state index contributed by atoms with van der Waals surface area (Å²) in [7, 11) is 0. The molecule has 17 heavy (non-hydrogen) atoms. The number of aliphatic hydroxyl groups excluding tert-OH is 1. The van der Waals surface area contributed by atoms with Crippen LogP contribution >= 0.6 is 0 Å². The molecule has 1 aromatic heterocycles. The molecule has 0 radical (unpaired) electrons. The van der Waals surface area contributed by atoms with Gasteiger partial charge in [0.25, 0.3) is 0 Å². The normalized spacial score (nSPS) is 11.9. The molecule has 1 rings (SSSR count). The minimum Gasteiger partial charge on any atom is -0.480 e. The van der Waals surface area contributed by atoms with E-state index in [0.29, 0.717) is 11.7 Å². The summed E-state index contributed by atoms with van der Waals surface area (Å²) in [6.07, 6.45) is 1.50. The van der Waals surface area contributed by atoms with Crippen LogP contribution in [-0.4, -0.2) is 39.8 Å². The largest absolute Gasteiger partial charge is 0.480 e. The van der Waals surface area contributed by atoms with Crippen molar-refractivity contribution in [2.45, 2.75) is 19.5 Å². The summed E-state index contributed by atoms with van der Waals surface area (Å²) in [5.41, 5.74) is 0. The smallest absolute Gasteiger partial charge is 0.328 e. The Morgan fingerprint density at radius 2 is 2.29 bits per heavy atom. The van der Waals surface area contributed by atoms with Gasteiger partial charge < -0.3 is 25.3 Å². The zero-order valence-electron chi connectivity index (χ0n) is 9.14. The van der Waals surface area contributed by atoms with Crippen molar-refractivity contribution in [1.82, 2.24) is 15.6 Å². The van der Waals surface area contributed by atoms with Gasteiger partial charge in [-0.2, -0.15) is 0 Å². The Balaban J connectivity index is 2.37. The molecule has 1 atom stereocenters. The number of aryl methyl sites for hydroxylation is 1. The van der Waals surface area contributed by atoms with E-state index in [0.717, 1.165) is 0 Å². The lowest BCUT2D eigenvalue weighted by atomic mass is 10.3. The number of oxazole rings is 1. The second kappa shape index (κ2) is 5.85. The van der Waals surface area contributed by atoms with Crippen molar-refractivity contribution in [3.63, 3.8) is 0 Å². The number of nitrogens with one attached hydrogen (secondary N) is 2. The van der Waals surface area contributed by atoms with Crippen molar-refractivity contribution < 1.29 is 24.2 Å². The highest BCUT2D eigenvalue weighted by Crippen LogP contribution is 2.00. The highest BCUT2D eigenvalue weighted by molar-refractivity contribution is 5.82. The lowest BCUT2D eigenvalue weighted by Gasteiger charge is -2.11. The third-order valence-corrected chi connectivity index (χ3v) is 1.86. The van der Waals surface area contributed by atoms with Crippen LogP contribution in [0.25, 0.3) is 0 Å². The fourth-order valence-electron chi connectivity index (χ4n) is 1.03. The van der Waals surface area contributed by atoms with Crippen LogP contribution in [0.15, 0.2) is 10.6 Å². The van der Waals surface area contributed by atoms with Crippen molar-refractivity contribution >= 4 is 12.0 Å². The van der Waals surface area contributed by atoms with E-state index in [1.165, 1.54) is 6.20 Å². The van der Waals surface area contributed by atoms with Gasteiger partial charge in [0.15, 0.2) is 6.04 Å². The highest BCUT2D eigenvalue weighted by Gasteiger charge is 2.18. The van der Waals surface area contributed by atoms with Crippen LogP contribution in [0.5, 0.6) is 0 Å². The number of rotatable bonds is 5. The number of carbonyl (C=O) groups is 2. The van der Waals surface area contributed by atoms with E-state index in [4.69, 9.17) is 14.6 Å². The van der Waals surface area contributed by atoms with Gasteiger partial charge in [-0.05, 0) is 6.92 Å². The topological polar surface area (TPSA) is 125 Å². The highest BCUT2D eigenvalue weighted by atomic mass is 16.4. The van der Waals surface area contributed by atoms with Crippen LogP contribution in [0.2, 0.25) is 0 Å². The first-order valence-electron chi connectivity index (χ1n) is 4.82. The average Bonchev–Trinajstić information content (AvgIpc) is 2.68. The van der Waals surface area contributed by atoms with Crippen molar-refractivity contribution in [3.05, 3.63) is 17.8 Å². The zero-order chi connectivity index (χ0) is 12.8. The predicted octanol–water partition coefficient (Wildman–Crippen LogP) is -0.772. The van der Waals surface area contributed by atoms with Crippen LogP contribution in [0.3, 0.4) is 0 Å². The fourth-order valence-corrected chi connectivity index (χ4v) is 1.03. The SMILES string of the molecule is Cc1cnc(CNC(=O)N[C@@H](CO)C(=O)O)o1.